The number of rotatable bonds is 4. The Kier molecular flexibility index (Phi) is 4.33. The average molecular weight is 372 g/mol. The van der Waals surface area contributed by atoms with E-state index in [1.807, 2.05) is 26.0 Å². The van der Waals surface area contributed by atoms with Crippen LogP contribution in [0.1, 0.15) is 46.8 Å². The summed E-state index contributed by atoms with van der Waals surface area (Å²) in [5.41, 5.74) is 4.39. The van der Waals surface area contributed by atoms with E-state index in [0.29, 0.717) is 0 Å². The predicted octanol–water partition coefficient (Wildman–Crippen LogP) is 4.92. The van der Waals surface area contributed by atoms with Crippen molar-refractivity contribution in [3.63, 3.8) is 0 Å². The zero-order valence-electron chi connectivity index (χ0n) is 13.8. The Labute approximate surface area is 146 Å². The van der Waals surface area contributed by atoms with Gasteiger partial charge in [0.15, 0.2) is 0 Å². The van der Waals surface area contributed by atoms with Crippen molar-refractivity contribution in [1.29, 1.82) is 0 Å². The van der Waals surface area contributed by atoms with Crippen molar-refractivity contribution >= 4 is 21.8 Å². The van der Waals surface area contributed by atoms with Crippen LogP contribution >= 0.6 is 15.9 Å². The molecule has 1 aliphatic carbocycles. The van der Waals surface area contributed by atoms with E-state index >= 15 is 0 Å². The van der Waals surface area contributed by atoms with Gasteiger partial charge in [0.1, 0.15) is 0 Å². The van der Waals surface area contributed by atoms with Gasteiger partial charge in [-0.25, -0.2) is 0 Å². The first kappa shape index (κ1) is 16.3. The van der Waals surface area contributed by atoms with Crippen LogP contribution in [0.2, 0.25) is 0 Å². The summed E-state index contributed by atoms with van der Waals surface area (Å²) in [6, 6.07) is 14.6. The number of hydrogen-bond donors (Lipinski definition) is 1. The number of aryl methyl sites for hydroxylation is 2. The minimum Gasteiger partial charge on any atom is -0.349 e. The van der Waals surface area contributed by atoms with Crippen LogP contribution in [-0.4, -0.2) is 11.9 Å². The highest BCUT2D eigenvalue weighted by Crippen LogP contribution is 2.51. The average Bonchev–Trinajstić information content (AvgIpc) is 3.29. The third-order valence-electron chi connectivity index (χ3n) is 5.01. The SMILES string of the molecule is Cc1ccc(C(=O)NC(C)C2(c3ccc(Br)cc3)CC2)c(C)c1. The minimum absolute atomic E-state index is 0.0263. The largest absolute Gasteiger partial charge is 0.349 e. The second-order valence-electron chi connectivity index (χ2n) is 6.68. The molecule has 23 heavy (non-hydrogen) atoms. The smallest absolute Gasteiger partial charge is 0.251 e. The summed E-state index contributed by atoms with van der Waals surface area (Å²) in [6.07, 6.45) is 2.26. The summed E-state index contributed by atoms with van der Waals surface area (Å²) < 4.78 is 1.09. The van der Waals surface area contributed by atoms with Crippen molar-refractivity contribution in [1.82, 2.24) is 5.32 Å². The Balaban J connectivity index is 1.77. The molecule has 2 nitrogen and oxygen atoms in total. The van der Waals surface area contributed by atoms with Gasteiger partial charge in [-0.1, -0.05) is 45.8 Å². The van der Waals surface area contributed by atoms with E-state index in [2.05, 4.69) is 58.5 Å². The molecule has 1 saturated carbocycles. The second-order valence-corrected chi connectivity index (χ2v) is 7.59. The van der Waals surface area contributed by atoms with Crippen molar-refractivity contribution in [3.8, 4) is 0 Å². The van der Waals surface area contributed by atoms with Crippen molar-refractivity contribution in [2.75, 3.05) is 0 Å². The van der Waals surface area contributed by atoms with Crippen molar-refractivity contribution < 1.29 is 4.79 Å². The lowest BCUT2D eigenvalue weighted by Gasteiger charge is -2.25. The van der Waals surface area contributed by atoms with E-state index in [4.69, 9.17) is 0 Å². The van der Waals surface area contributed by atoms with Crippen LogP contribution in [-0.2, 0) is 5.41 Å². The summed E-state index contributed by atoms with van der Waals surface area (Å²) >= 11 is 3.48. The fourth-order valence-electron chi connectivity index (χ4n) is 3.37. The van der Waals surface area contributed by atoms with Gasteiger partial charge in [-0.15, -0.1) is 0 Å². The van der Waals surface area contributed by atoms with Crippen LogP contribution in [0.15, 0.2) is 46.9 Å². The maximum Gasteiger partial charge on any atom is 0.251 e. The van der Waals surface area contributed by atoms with Crippen LogP contribution in [0, 0.1) is 13.8 Å². The molecule has 2 aromatic carbocycles. The number of halogens is 1. The van der Waals surface area contributed by atoms with Crippen LogP contribution in [0.25, 0.3) is 0 Å². The van der Waals surface area contributed by atoms with Gasteiger partial charge in [0.25, 0.3) is 5.91 Å². The molecule has 0 radical (unpaired) electrons. The maximum absolute atomic E-state index is 12.6. The Morgan fingerprint density at radius 3 is 2.35 bits per heavy atom. The van der Waals surface area contributed by atoms with Gasteiger partial charge in [-0.2, -0.15) is 0 Å². The van der Waals surface area contributed by atoms with Gasteiger partial charge < -0.3 is 5.32 Å². The molecule has 120 valence electrons. The quantitative estimate of drug-likeness (QED) is 0.811. The summed E-state index contributed by atoms with van der Waals surface area (Å²) in [6.45, 7) is 6.16. The van der Waals surface area contributed by atoms with Crippen molar-refractivity contribution in [2.45, 2.75) is 45.1 Å². The van der Waals surface area contributed by atoms with Crippen molar-refractivity contribution in [2.24, 2.45) is 0 Å². The highest BCUT2D eigenvalue weighted by Gasteiger charge is 2.49. The van der Waals surface area contributed by atoms with Crippen LogP contribution in [0.5, 0.6) is 0 Å². The zero-order valence-corrected chi connectivity index (χ0v) is 15.4. The summed E-state index contributed by atoms with van der Waals surface area (Å²) in [5, 5.41) is 3.22. The zero-order chi connectivity index (χ0) is 16.6. The number of hydrogen-bond acceptors (Lipinski definition) is 1. The lowest BCUT2D eigenvalue weighted by atomic mass is 9.88. The first-order chi connectivity index (χ1) is 10.9. The molecule has 1 N–H and O–H groups in total. The molecule has 2 aromatic rings. The molecular formula is C20H22BrNO. The molecule has 0 heterocycles. The second kappa shape index (κ2) is 6.12. The van der Waals surface area contributed by atoms with Gasteiger partial charge in [-0.05, 0) is 62.9 Å². The summed E-state index contributed by atoms with van der Waals surface area (Å²) in [4.78, 5) is 12.6. The van der Waals surface area contributed by atoms with Gasteiger partial charge in [-0.3, -0.25) is 4.79 Å². The van der Waals surface area contributed by atoms with E-state index < -0.39 is 0 Å². The Hall–Kier alpha value is -1.61. The summed E-state index contributed by atoms with van der Waals surface area (Å²) in [7, 11) is 0. The van der Waals surface area contributed by atoms with Gasteiger partial charge in [0.2, 0.25) is 0 Å². The fraction of sp³-hybridized carbons (Fsp3) is 0.350. The third-order valence-corrected chi connectivity index (χ3v) is 5.54. The first-order valence-electron chi connectivity index (χ1n) is 8.06. The van der Waals surface area contributed by atoms with Crippen LogP contribution in [0.3, 0.4) is 0 Å². The van der Waals surface area contributed by atoms with Gasteiger partial charge in [0.05, 0.1) is 0 Å². The van der Waals surface area contributed by atoms with E-state index in [-0.39, 0.29) is 17.4 Å². The van der Waals surface area contributed by atoms with Gasteiger partial charge in [0, 0.05) is 21.5 Å². The van der Waals surface area contributed by atoms with Crippen molar-refractivity contribution in [3.05, 3.63) is 69.2 Å². The lowest BCUT2D eigenvalue weighted by molar-refractivity contribution is 0.0931. The summed E-state index contributed by atoms with van der Waals surface area (Å²) in [5.74, 6) is 0.0263. The molecule has 1 atom stereocenters. The topological polar surface area (TPSA) is 29.1 Å². The molecule has 1 amide bonds. The molecule has 0 bridgehead atoms. The molecule has 1 unspecified atom stereocenters. The maximum atomic E-state index is 12.6. The molecule has 1 fully saturated rings. The molecule has 3 rings (SSSR count). The normalized spacial score (nSPS) is 16.7. The Morgan fingerprint density at radius 1 is 1.13 bits per heavy atom. The molecule has 0 aromatic heterocycles. The number of benzene rings is 2. The van der Waals surface area contributed by atoms with Gasteiger partial charge >= 0.3 is 0 Å². The highest BCUT2D eigenvalue weighted by atomic mass is 79.9. The lowest BCUT2D eigenvalue weighted by Crippen LogP contribution is -2.41. The highest BCUT2D eigenvalue weighted by molar-refractivity contribution is 9.10. The molecule has 3 heteroatoms. The number of carbonyl (C=O) groups excluding carboxylic acids is 1. The standard InChI is InChI=1S/C20H22BrNO/c1-13-4-9-18(14(2)12-13)19(23)22-15(3)20(10-11-20)16-5-7-17(21)8-6-16/h4-9,12,15H,10-11H2,1-3H3,(H,22,23). The third kappa shape index (κ3) is 3.20. The fourth-order valence-corrected chi connectivity index (χ4v) is 3.63. The minimum atomic E-state index is 0.0263. The van der Waals surface area contributed by atoms with E-state index in [9.17, 15) is 4.79 Å². The molecule has 0 saturated heterocycles. The molecule has 0 aliphatic heterocycles. The molecule has 1 aliphatic rings. The number of nitrogens with one attached hydrogen (secondary N) is 1. The predicted molar refractivity (Wildman–Crippen MR) is 97.9 cm³/mol. The first-order valence-corrected chi connectivity index (χ1v) is 8.86. The van der Waals surface area contributed by atoms with Crippen LogP contribution < -0.4 is 5.32 Å². The van der Waals surface area contributed by atoms with Crippen LogP contribution in [0.4, 0.5) is 0 Å². The van der Waals surface area contributed by atoms with E-state index in [0.717, 1.165) is 28.4 Å². The molecular weight excluding hydrogens is 350 g/mol. The molecule has 0 spiro atoms. The number of carbonyl (C=O) groups is 1. The van der Waals surface area contributed by atoms with E-state index in [1.54, 1.807) is 0 Å². The number of amides is 1. The van der Waals surface area contributed by atoms with E-state index in [1.165, 1.54) is 11.1 Å². The monoisotopic (exact) mass is 371 g/mol. The Bertz CT molecular complexity index is 732. The Morgan fingerprint density at radius 2 is 1.78 bits per heavy atom.